The van der Waals surface area contributed by atoms with Gasteiger partial charge in [0.05, 0.1) is 25.5 Å². The Hall–Kier alpha value is -3.87. The number of furan rings is 1. The highest BCUT2D eigenvalue weighted by Crippen LogP contribution is 2.22. The number of esters is 1. The largest absolute Gasteiger partial charge is 0.494 e. The molecule has 1 amide bonds. The third-order valence-corrected chi connectivity index (χ3v) is 4.16. The van der Waals surface area contributed by atoms with Gasteiger partial charge in [0.2, 0.25) is 0 Å². The van der Waals surface area contributed by atoms with Gasteiger partial charge in [0.15, 0.2) is 0 Å². The van der Waals surface area contributed by atoms with Gasteiger partial charge in [-0.15, -0.1) is 0 Å². The monoisotopic (exact) mass is 406 g/mol. The summed E-state index contributed by atoms with van der Waals surface area (Å²) in [5.41, 5.74) is 4.20. The highest BCUT2D eigenvalue weighted by molar-refractivity contribution is 5.94. The van der Waals surface area contributed by atoms with Gasteiger partial charge in [-0.25, -0.2) is 10.2 Å². The molecule has 0 aliphatic rings. The number of hydrazone groups is 1. The van der Waals surface area contributed by atoms with E-state index in [-0.39, 0.29) is 5.91 Å². The number of methoxy groups -OCH3 is 1. The van der Waals surface area contributed by atoms with Crippen molar-refractivity contribution in [2.24, 2.45) is 5.10 Å². The molecule has 7 heteroatoms. The van der Waals surface area contributed by atoms with E-state index < -0.39 is 5.97 Å². The lowest BCUT2D eigenvalue weighted by Gasteiger charge is -2.05. The molecule has 0 bridgehead atoms. The molecule has 2 aromatic carbocycles. The Morgan fingerprint density at radius 3 is 2.37 bits per heavy atom. The first-order valence-corrected chi connectivity index (χ1v) is 9.45. The highest BCUT2D eigenvalue weighted by Gasteiger charge is 2.08. The Kier molecular flexibility index (Phi) is 7.00. The topological polar surface area (TPSA) is 90.1 Å². The first kappa shape index (κ1) is 20.9. The Bertz CT molecular complexity index is 1020. The number of ether oxygens (including phenoxy) is 2. The summed E-state index contributed by atoms with van der Waals surface area (Å²) in [7, 11) is 1.34. The second kappa shape index (κ2) is 10.1. The van der Waals surface area contributed by atoms with Crippen molar-refractivity contribution in [3.05, 3.63) is 77.6 Å². The SMILES string of the molecule is CCCOc1ccc(C(=O)N/N=C/c2ccc(-c3ccc(C(=O)OC)cc3)o2)cc1. The molecule has 0 atom stereocenters. The molecule has 0 saturated carbocycles. The van der Waals surface area contributed by atoms with E-state index in [4.69, 9.17) is 9.15 Å². The summed E-state index contributed by atoms with van der Waals surface area (Å²) in [6.07, 6.45) is 2.34. The summed E-state index contributed by atoms with van der Waals surface area (Å²) in [6.45, 7) is 2.67. The molecule has 0 unspecified atom stereocenters. The number of hydrogen-bond donors (Lipinski definition) is 1. The van der Waals surface area contributed by atoms with Crippen molar-refractivity contribution < 1.29 is 23.5 Å². The van der Waals surface area contributed by atoms with Crippen LogP contribution in [-0.4, -0.2) is 31.8 Å². The van der Waals surface area contributed by atoms with Gasteiger partial charge in [0.25, 0.3) is 5.91 Å². The van der Waals surface area contributed by atoms with Crippen LogP contribution in [0.5, 0.6) is 5.75 Å². The van der Waals surface area contributed by atoms with Crippen molar-refractivity contribution in [2.45, 2.75) is 13.3 Å². The Labute approximate surface area is 174 Å². The van der Waals surface area contributed by atoms with Crippen molar-refractivity contribution in [1.82, 2.24) is 5.43 Å². The quantitative estimate of drug-likeness (QED) is 0.342. The zero-order valence-corrected chi connectivity index (χ0v) is 16.8. The van der Waals surface area contributed by atoms with E-state index in [1.54, 1.807) is 60.7 Å². The van der Waals surface area contributed by atoms with E-state index in [9.17, 15) is 9.59 Å². The van der Waals surface area contributed by atoms with E-state index in [2.05, 4.69) is 15.3 Å². The fraction of sp³-hybridized carbons (Fsp3) is 0.174. The lowest BCUT2D eigenvalue weighted by Crippen LogP contribution is -2.17. The molecule has 30 heavy (non-hydrogen) atoms. The maximum atomic E-state index is 12.2. The molecule has 0 radical (unpaired) electrons. The minimum Gasteiger partial charge on any atom is -0.494 e. The number of carbonyl (C=O) groups excluding carboxylic acids is 2. The van der Waals surface area contributed by atoms with E-state index >= 15 is 0 Å². The molecule has 7 nitrogen and oxygen atoms in total. The first-order chi connectivity index (χ1) is 14.6. The van der Waals surface area contributed by atoms with Crippen molar-refractivity contribution >= 4 is 18.1 Å². The number of rotatable bonds is 8. The number of benzene rings is 2. The van der Waals surface area contributed by atoms with Crippen LogP contribution < -0.4 is 10.2 Å². The van der Waals surface area contributed by atoms with Gasteiger partial charge in [0, 0.05) is 11.1 Å². The lowest BCUT2D eigenvalue weighted by atomic mass is 10.1. The Morgan fingerprint density at radius 1 is 1.00 bits per heavy atom. The summed E-state index contributed by atoms with van der Waals surface area (Å²) in [5.74, 6) is 1.08. The maximum Gasteiger partial charge on any atom is 0.337 e. The van der Waals surface area contributed by atoms with Crippen LogP contribution in [0.15, 0.2) is 70.2 Å². The van der Waals surface area contributed by atoms with Crippen LogP contribution in [0.1, 0.15) is 39.8 Å². The lowest BCUT2D eigenvalue weighted by molar-refractivity contribution is 0.0600. The van der Waals surface area contributed by atoms with Gasteiger partial charge in [-0.1, -0.05) is 19.1 Å². The fourth-order valence-corrected chi connectivity index (χ4v) is 2.61. The molecule has 1 heterocycles. The summed E-state index contributed by atoms with van der Waals surface area (Å²) in [6, 6.07) is 17.2. The summed E-state index contributed by atoms with van der Waals surface area (Å²) in [4.78, 5) is 23.7. The first-order valence-electron chi connectivity index (χ1n) is 9.45. The minimum atomic E-state index is -0.396. The van der Waals surface area contributed by atoms with Crippen LogP contribution in [0.25, 0.3) is 11.3 Å². The number of nitrogens with zero attached hydrogens (tertiary/aromatic N) is 1. The van der Waals surface area contributed by atoms with Gasteiger partial charge >= 0.3 is 5.97 Å². The van der Waals surface area contributed by atoms with E-state index in [0.717, 1.165) is 17.7 Å². The molecule has 3 rings (SSSR count). The molecular weight excluding hydrogens is 384 g/mol. The molecule has 1 aromatic heterocycles. The summed E-state index contributed by atoms with van der Waals surface area (Å²) in [5, 5.41) is 3.93. The molecule has 0 aliphatic carbocycles. The average Bonchev–Trinajstić information content (AvgIpc) is 3.26. The molecule has 0 saturated heterocycles. The van der Waals surface area contributed by atoms with Crippen LogP contribution in [0.2, 0.25) is 0 Å². The van der Waals surface area contributed by atoms with Crippen LogP contribution in [0.4, 0.5) is 0 Å². The van der Waals surface area contributed by atoms with Crippen LogP contribution in [0.3, 0.4) is 0 Å². The number of amides is 1. The van der Waals surface area contributed by atoms with Gasteiger partial charge in [-0.2, -0.15) is 5.10 Å². The normalized spacial score (nSPS) is 10.7. The highest BCUT2D eigenvalue weighted by atomic mass is 16.5. The number of nitrogens with one attached hydrogen (secondary N) is 1. The smallest absolute Gasteiger partial charge is 0.337 e. The number of hydrogen-bond acceptors (Lipinski definition) is 6. The average molecular weight is 406 g/mol. The predicted molar refractivity (Wildman–Crippen MR) is 113 cm³/mol. The third-order valence-electron chi connectivity index (χ3n) is 4.16. The molecule has 154 valence electrons. The van der Waals surface area contributed by atoms with Crippen molar-refractivity contribution in [3.8, 4) is 17.1 Å². The molecule has 1 N–H and O–H groups in total. The van der Waals surface area contributed by atoms with Crippen LogP contribution in [0, 0.1) is 0 Å². The zero-order chi connectivity index (χ0) is 21.3. The second-order valence-electron chi connectivity index (χ2n) is 6.34. The van der Waals surface area contributed by atoms with E-state index in [0.29, 0.717) is 29.3 Å². The van der Waals surface area contributed by atoms with Crippen molar-refractivity contribution in [3.63, 3.8) is 0 Å². The fourth-order valence-electron chi connectivity index (χ4n) is 2.61. The van der Waals surface area contributed by atoms with E-state index in [1.165, 1.54) is 13.3 Å². The molecule has 0 aliphatic heterocycles. The second-order valence-corrected chi connectivity index (χ2v) is 6.34. The van der Waals surface area contributed by atoms with E-state index in [1.807, 2.05) is 6.92 Å². The number of carbonyl (C=O) groups is 2. The molecule has 0 spiro atoms. The van der Waals surface area contributed by atoms with Gasteiger partial charge < -0.3 is 13.9 Å². The zero-order valence-electron chi connectivity index (χ0n) is 16.8. The predicted octanol–water partition coefficient (Wildman–Crippen LogP) is 4.29. The molecular formula is C23H22N2O5. The molecule has 3 aromatic rings. The minimum absolute atomic E-state index is 0.335. The summed E-state index contributed by atoms with van der Waals surface area (Å²) < 4.78 is 15.9. The van der Waals surface area contributed by atoms with Crippen LogP contribution in [-0.2, 0) is 4.74 Å². The standard InChI is InChI=1S/C23H22N2O5/c1-3-14-29-19-10-8-17(9-11-19)22(26)25-24-15-20-12-13-21(30-20)16-4-6-18(7-5-16)23(27)28-2/h4-13,15H,3,14H2,1-2H3,(H,25,26)/b24-15+. The van der Waals surface area contributed by atoms with Crippen LogP contribution >= 0.6 is 0 Å². The Morgan fingerprint density at radius 2 is 1.70 bits per heavy atom. The molecule has 0 fully saturated rings. The third kappa shape index (κ3) is 5.35. The van der Waals surface area contributed by atoms with Gasteiger partial charge in [-0.05, 0) is 55.0 Å². The van der Waals surface area contributed by atoms with Gasteiger partial charge in [0.1, 0.15) is 17.3 Å². The van der Waals surface area contributed by atoms with Crippen molar-refractivity contribution in [2.75, 3.05) is 13.7 Å². The van der Waals surface area contributed by atoms with Gasteiger partial charge in [-0.3, -0.25) is 4.79 Å². The van der Waals surface area contributed by atoms with Crippen molar-refractivity contribution in [1.29, 1.82) is 0 Å². The summed E-state index contributed by atoms with van der Waals surface area (Å²) >= 11 is 0. The Balaban J connectivity index is 1.57. The maximum absolute atomic E-state index is 12.2.